The smallest absolute Gasteiger partial charge is 0.0948 e. The van der Waals surface area contributed by atoms with Crippen LogP contribution in [0.25, 0.3) is 0 Å². The fourth-order valence-corrected chi connectivity index (χ4v) is 2.78. The van der Waals surface area contributed by atoms with Gasteiger partial charge in [0, 0.05) is 19.3 Å². The van der Waals surface area contributed by atoms with Crippen molar-refractivity contribution < 1.29 is 0 Å². The van der Waals surface area contributed by atoms with Crippen molar-refractivity contribution in [2.45, 2.75) is 52.1 Å². The second kappa shape index (κ2) is 5.48. The lowest BCUT2D eigenvalue weighted by Crippen LogP contribution is -2.20. The Kier molecular flexibility index (Phi) is 3.99. The molecule has 1 heterocycles. The van der Waals surface area contributed by atoms with Crippen LogP contribution in [0, 0.1) is 11.8 Å². The first-order valence-corrected chi connectivity index (χ1v) is 6.52. The van der Waals surface area contributed by atoms with Crippen molar-refractivity contribution in [1.29, 1.82) is 0 Å². The summed E-state index contributed by atoms with van der Waals surface area (Å²) in [5, 5.41) is 0. The predicted molar refractivity (Wildman–Crippen MR) is 65.9 cm³/mol. The van der Waals surface area contributed by atoms with E-state index in [9.17, 15) is 0 Å². The molecule has 3 heteroatoms. The molecule has 0 spiro atoms. The molecule has 1 aromatic rings. The Morgan fingerprint density at radius 1 is 1.31 bits per heavy atom. The SMILES string of the molecule is CCC1CCC(Cn2cncc2CN)CC1. The fourth-order valence-electron chi connectivity index (χ4n) is 2.78. The molecule has 0 bridgehead atoms. The Bertz CT molecular complexity index is 311. The van der Waals surface area contributed by atoms with Crippen molar-refractivity contribution in [3.8, 4) is 0 Å². The molecule has 2 rings (SSSR count). The Balaban J connectivity index is 1.87. The van der Waals surface area contributed by atoms with E-state index in [2.05, 4.69) is 16.5 Å². The van der Waals surface area contributed by atoms with Crippen LogP contribution in [0.4, 0.5) is 0 Å². The highest BCUT2D eigenvalue weighted by molar-refractivity contribution is 4.97. The monoisotopic (exact) mass is 221 g/mol. The maximum atomic E-state index is 5.68. The number of aromatic nitrogens is 2. The minimum Gasteiger partial charge on any atom is -0.333 e. The summed E-state index contributed by atoms with van der Waals surface area (Å²) in [7, 11) is 0. The second-order valence-electron chi connectivity index (χ2n) is 5.04. The molecule has 1 aliphatic rings. The van der Waals surface area contributed by atoms with Gasteiger partial charge in [-0.2, -0.15) is 0 Å². The van der Waals surface area contributed by atoms with Gasteiger partial charge >= 0.3 is 0 Å². The van der Waals surface area contributed by atoms with Gasteiger partial charge in [-0.3, -0.25) is 0 Å². The van der Waals surface area contributed by atoms with Gasteiger partial charge in [0.2, 0.25) is 0 Å². The van der Waals surface area contributed by atoms with E-state index < -0.39 is 0 Å². The van der Waals surface area contributed by atoms with Gasteiger partial charge in [0.1, 0.15) is 0 Å². The van der Waals surface area contributed by atoms with Crippen molar-refractivity contribution in [1.82, 2.24) is 9.55 Å². The Labute approximate surface area is 98.1 Å². The van der Waals surface area contributed by atoms with Crippen LogP contribution in [0.1, 0.15) is 44.7 Å². The van der Waals surface area contributed by atoms with Crippen LogP contribution in [-0.4, -0.2) is 9.55 Å². The first-order valence-electron chi connectivity index (χ1n) is 6.52. The summed E-state index contributed by atoms with van der Waals surface area (Å²) in [6.45, 7) is 4.03. The lowest BCUT2D eigenvalue weighted by atomic mass is 9.81. The van der Waals surface area contributed by atoms with Crippen molar-refractivity contribution >= 4 is 0 Å². The third kappa shape index (κ3) is 2.64. The van der Waals surface area contributed by atoms with Gasteiger partial charge in [-0.05, 0) is 24.7 Å². The molecule has 1 aliphatic carbocycles. The molecule has 1 aromatic heterocycles. The van der Waals surface area contributed by atoms with Crippen LogP contribution in [-0.2, 0) is 13.1 Å². The molecule has 0 amide bonds. The maximum Gasteiger partial charge on any atom is 0.0948 e. The largest absolute Gasteiger partial charge is 0.333 e. The maximum absolute atomic E-state index is 5.68. The number of nitrogens with zero attached hydrogens (tertiary/aromatic N) is 2. The van der Waals surface area contributed by atoms with Crippen molar-refractivity contribution in [2.24, 2.45) is 17.6 Å². The minimum atomic E-state index is 0.601. The van der Waals surface area contributed by atoms with Crippen molar-refractivity contribution in [3.05, 3.63) is 18.2 Å². The van der Waals surface area contributed by atoms with Crippen molar-refractivity contribution in [2.75, 3.05) is 0 Å². The molecule has 90 valence electrons. The van der Waals surface area contributed by atoms with Gasteiger partial charge in [0.05, 0.1) is 12.0 Å². The van der Waals surface area contributed by atoms with Gasteiger partial charge in [-0.15, -0.1) is 0 Å². The lowest BCUT2D eigenvalue weighted by Gasteiger charge is -2.28. The average Bonchev–Trinajstić information content (AvgIpc) is 2.77. The van der Waals surface area contributed by atoms with E-state index in [1.165, 1.54) is 32.1 Å². The summed E-state index contributed by atoms with van der Waals surface area (Å²) in [6.07, 6.45) is 10.7. The minimum absolute atomic E-state index is 0.601. The Hall–Kier alpha value is -0.830. The third-order valence-corrected chi connectivity index (χ3v) is 4.01. The third-order valence-electron chi connectivity index (χ3n) is 4.01. The molecule has 2 N–H and O–H groups in total. The molecular formula is C13H23N3. The molecule has 1 fully saturated rings. The van der Waals surface area contributed by atoms with Gasteiger partial charge in [0.15, 0.2) is 0 Å². The standard InChI is InChI=1S/C13H23N3/c1-2-11-3-5-12(6-4-11)9-16-10-15-8-13(16)7-14/h8,10-12H,2-7,9,14H2,1H3. The van der Waals surface area contributed by atoms with Crippen LogP contribution in [0.3, 0.4) is 0 Å². The fraction of sp³-hybridized carbons (Fsp3) is 0.769. The van der Waals surface area contributed by atoms with E-state index in [-0.39, 0.29) is 0 Å². The summed E-state index contributed by atoms with van der Waals surface area (Å²) < 4.78 is 2.23. The molecular weight excluding hydrogens is 198 g/mol. The number of imidazole rings is 1. The van der Waals surface area contributed by atoms with Crippen LogP contribution < -0.4 is 5.73 Å². The van der Waals surface area contributed by atoms with Crippen LogP contribution in [0.2, 0.25) is 0 Å². The van der Waals surface area contributed by atoms with Crippen LogP contribution in [0.5, 0.6) is 0 Å². The molecule has 3 nitrogen and oxygen atoms in total. The van der Waals surface area contributed by atoms with E-state index in [0.29, 0.717) is 6.54 Å². The van der Waals surface area contributed by atoms with Gasteiger partial charge in [-0.1, -0.05) is 26.2 Å². The summed E-state index contributed by atoms with van der Waals surface area (Å²) in [6, 6.07) is 0. The molecule has 0 aromatic carbocycles. The van der Waals surface area contributed by atoms with Crippen LogP contribution in [0.15, 0.2) is 12.5 Å². The van der Waals surface area contributed by atoms with Crippen LogP contribution >= 0.6 is 0 Å². The highest BCUT2D eigenvalue weighted by Crippen LogP contribution is 2.31. The molecule has 0 aliphatic heterocycles. The number of rotatable bonds is 4. The summed E-state index contributed by atoms with van der Waals surface area (Å²) in [5.41, 5.74) is 6.85. The van der Waals surface area contributed by atoms with E-state index in [4.69, 9.17) is 5.73 Å². The molecule has 0 radical (unpaired) electrons. The van der Waals surface area contributed by atoms with Gasteiger partial charge < -0.3 is 10.3 Å². The molecule has 1 saturated carbocycles. The highest BCUT2D eigenvalue weighted by Gasteiger charge is 2.20. The van der Waals surface area contributed by atoms with E-state index in [0.717, 1.165) is 24.1 Å². The highest BCUT2D eigenvalue weighted by atomic mass is 15.1. The number of hydrogen-bond acceptors (Lipinski definition) is 2. The first-order chi connectivity index (χ1) is 7.83. The predicted octanol–water partition coefficient (Wildman–Crippen LogP) is 2.56. The van der Waals surface area contributed by atoms with Crippen molar-refractivity contribution in [3.63, 3.8) is 0 Å². The molecule has 0 unspecified atom stereocenters. The second-order valence-corrected chi connectivity index (χ2v) is 5.04. The quantitative estimate of drug-likeness (QED) is 0.849. The zero-order valence-electron chi connectivity index (χ0n) is 10.2. The normalized spacial score (nSPS) is 25.9. The Morgan fingerprint density at radius 3 is 2.62 bits per heavy atom. The topological polar surface area (TPSA) is 43.8 Å². The Morgan fingerprint density at radius 2 is 2.00 bits per heavy atom. The summed E-state index contributed by atoms with van der Waals surface area (Å²) >= 11 is 0. The first kappa shape index (κ1) is 11.6. The van der Waals surface area contributed by atoms with E-state index in [1.807, 2.05) is 12.5 Å². The van der Waals surface area contributed by atoms with Gasteiger partial charge in [-0.25, -0.2) is 4.98 Å². The summed E-state index contributed by atoms with van der Waals surface area (Å²) in [5.74, 6) is 1.82. The summed E-state index contributed by atoms with van der Waals surface area (Å²) in [4.78, 5) is 4.17. The molecule has 0 atom stereocenters. The zero-order chi connectivity index (χ0) is 11.4. The average molecular weight is 221 g/mol. The number of hydrogen-bond donors (Lipinski definition) is 1. The molecule has 0 saturated heterocycles. The van der Waals surface area contributed by atoms with E-state index >= 15 is 0 Å². The zero-order valence-corrected chi connectivity index (χ0v) is 10.2. The number of nitrogens with two attached hydrogens (primary N) is 1. The van der Waals surface area contributed by atoms with E-state index in [1.54, 1.807) is 0 Å². The lowest BCUT2D eigenvalue weighted by molar-refractivity contribution is 0.246. The van der Waals surface area contributed by atoms with Gasteiger partial charge in [0.25, 0.3) is 0 Å². The molecule has 16 heavy (non-hydrogen) atoms.